The van der Waals surface area contributed by atoms with Crippen LogP contribution >= 0.6 is 0 Å². The van der Waals surface area contributed by atoms with Gasteiger partial charge in [-0.05, 0) is 32.7 Å². The van der Waals surface area contributed by atoms with Crippen LogP contribution in [0, 0.1) is 0 Å². The Morgan fingerprint density at radius 3 is 2.70 bits per heavy atom. The molecule has 2 nitrogen and oxygen atoms in total. The van der Waals surface area contributed by atoms with Crippen molar-refractivity contribution in [2.24, 2.45) is 5.73 Å². The fourth-order valence-corrected chi connectivity index (χ4v) is 1.62. The first-order valence-electron chi connectivity index (χ1n) is 4.26. The zero-order valence-electron chi connectivity index (χ0n) is 6.77. The predicted octanol–water partition coefficient (Wildman–Crippen LogP) is 0.866. The fourth-order valence-electron chi connectivity index (χ4n) is 1.62. The molecule has 0 spiro atoms. The zero-order chi connectivity index (χ0) is 7.40. The van der Waals surface area contributed by atoms with Crippen molar-refractivity contribution >= 4 is 0 Å². The summed E-state index contributed by atoms with van der Waals surface area (Å²) in [5.41, 5.74) is 5.82. The molecule has 0 aliphatic heterocycles. The summed E-state index contributed by atoms with van der Waals surface area (Å²) in [6, 6.07) is 1.20. The zero-order valence-corrected chi connectivity index (χ0v) is 6.77. The highest BCUT2D eigenvalue weighted by atomic mass is 14.9. The lowest BCUT2D eigenvalue weighted by Crippen LogP contribution is -2.25. The smallest absolute Gasteiger partial charge is 0.00646 e. The van der Waals surface area contributed by atoms with Gasteiger partial charge in [0.15, 0.2) is 0 Å². The topological polar surface area (TPSA) is 38.0 Å². The van der Waals surface area contributed by atoms with Crippen molar-refractivity contribution < 1.29 is 0 Å². The van der Waals surface area contributed by atoms with E-state index in [2.05, 4.69) is 5.32 Å². The molecule has 10 heavy (non-hydrogen) atoms. The Morgan fingerprint density at radius 2 is 2.00 bits per heavy atom. The molecule has 0 amide bonds. The number of rotatable bonds is 1. The molecular formula is C8H18N2. The Bertz CT molecular complexity index is 93.3. The van der Waals surface area contributed by atoms with E-state index < -0.39 is 0 Å². The molecule has 2 atom stereocenters. The quantitative estimate of drug-likeness (QED) is 0.533. The third-order valence-corrected chi connectivity index (χ3v) is 2.42. The van der Waals surface area contributed by atoms with E-state index in [0.29, 0.717) is 6.04 Å². The lowest BCUT2D eigenvalue weighted by molar-refractivity contribution is 0.494. The molecular weight excluding hydrogens is 124 g/mol. The van der Waals surface area contributed by atoms with E-state index in [0.717, 1.165) is 6.04 Å². The predicted molar refractivity (Wildman–Crippen MR) is 43.9 cm³/mol. The average molecular weight is 142 g/mol. The summed E-state index contributed by atoms with van der Waals surface area (Å²) < 4.78 is 0. The monoisotopic (exact) mass is 142 g/mol. The molecule has 0 bridgehead atoms. The van der Waals surface area contributed by atoms with Crippen LogP contribution in [0.2, 0.25) is 0 Å². The van der Waals surface area contributed by atoms with E-state index in [1.165, 1.54) is 32.1 Å². The van der Waals surface area contributed by atoms with Crippen LogP contribution in [-0.4, -0.2) is 19.1 Å². The van der Waals surface area contributed by atoms with Crippen LogP contribution in [-0.2, 0) is 0 Å². The van der Waals surface area contributed by atoms with Gasteiger partial charge in [0.05, 0.1) is 0 Å². The Hall–Kier alpha value is -0.0800. The van der Waals surface area contributed by atoms with Gasteiger partial charge < -0.3 is 11.1 Å². The van der Waals surface area contributed by atoms with Crippen LogP contribution in [0.25, 0.3) is 0 Å². The Labute approximate surface area is 63.2 Å². The second kappa shape index (κ2) is 3.94. The van der Waals surface area contributed by atoms with Gasteiger partial charge in [-0.1, -0.05) is 6.42 Å². The largest absolute Gasteiger partial charge is 0.328 e. The molecule has 0 aromatic carbocycles. The molecule has 1 rings (SSSR count). The lowest BCUT2D eigenvalue weighted by atomic mass is 10.1. The summed E-state index contributed by atoms with van der Waals surface area (Å²) in [6.45, 7) is 0. The molecule has 1 aliphatic rings. The minimum absolute atomic E-state index is 0.471. The Balaban J connectivity index is 2.26. The average Bonchev–Trinajstić information content (AvgIpc) is 2.14. The van der Waals surface area contributed by atoms with Crippen LogP contribution in [0.15, 0.2) is 0 Å². The molecule has 0 saturated heterocycles. The number of hydrogen-bond acceptors (Lipinski definition) is 2. The van der Waals surface area contributed by atoms with Crippen molar-refractivity contribution in [1.29, 1.82) is 0 Å². The number of hydrogen-bond donors (Lipinski definition) is 2. The second-order valence-corrected chi connectivity index (χ2v) is 3.25. The van der Waals surface area contributed by atoms with Crippen LogP contribution in [0.4, 0.5) is 0 Å². The summed E-state index contributed by atoms with van der Waals surface area (Å²) in [4.78, 5) is 0. The van der Waals surface area contributed by atoms with Crippen LogP contribution in [0.3, 0.4) is 0 Å². The standard InChI is InChI=1S/C8H18N2/c1-10-8-4-2-3-7(9)5-6-8/h7-8,10H,2-6,9H2,1H3/t7-,8-/m1/s1. The summed E-state index contributed by atoms with van der Waals surface area (Å²) >= 11 is 0. The van der Waals surface area contributed by atoms with Crippen LogP contribution in [0.1, 0.15) is 32.1 Å². The highest BCUT2D eigenvalue weighted by Crippen LogP contribution is 2.15. The van der Waals surface area contributed by atoms with Crippen molar-refractivity contribution in [2.45, 2.75) is 44.2 Å². The van der Waals surface area contributed by atoms with Gasteiger partial charge >= 0.3 is 0 Å². The van der Waals surface area contributed by atoms with E-state index in [9.17, 15) is 0 Å². The summed E-state index contributed by atoms with van der Waals surface area (Å²) in [5, 5.41) is 3.31. The summed E-state index contributed by atoms with van der Waals surface area (Å²) in [6.07, 6.45) is 6.29. The highest BCUT2D eigenvalue weighted by Gasteiger charge is 2.13. The van der Waals surface area contributed by atoms with E-state index in [1.54, 1.807) is 0 Å². The minimum atomic E-state index is 0.471. The van der Waals surface area contributed by atoms with E-state index in [-0.39, 0.29) is 0 Å². The molecule has 1 aliphatic carbocycles. The minimum Gasteiger partial charge on any atom is -0.328 e. The van der Waals surface area contributed by atoms with Crippen molar-refractivity contribution in [2.75, 3.05) is 7.05 Å². The van der Waals surface area contributed by atoms with E-state index in [4.69, 9.17) is 5.73 Å². The van der Waals surface area contributed by atoms with Gasteiger partial charge in [0, 0.05) is 12.1 Å². The van der Waals surface area contributed by atoms with Crippen LogP contribution < -0.4 is 11.1 Å². The maximum Gasteiger partial charge on any atom is 0.00646 e. The molecule has 2 heteroatoms. The van der Waals surface area contributed by atoms with Gasteiger partial charge in [-0.3, -0.25) is 0 Å². The SMILES string of the molecule is CN[C@@H]1CCC[C@@H](N)CC1. The first kappa shape index (κ1) is 8.02. The molecule has 0 aromatic rings. The van der Waals surface area contributed by atoms with Gasteiger partial charge in [-0.25, -0.2) is 0 Å². The lowest BCUT2D eigenvalue weighted by Gasteiger charge is -2.11. The maximum atomic E-state index is 5.82. The van der Waals surface area contributed by atoms with Gasteiger partial charge in [-0.15, -0.1) is 0 Å². The molecule has 0 radical (unpaired) electrons. The van der Waals surface area contributed by atoms with Gasteiger partial charge in [-0.2, -0.15) is 0 Å². The Kier molecular flexibility index (Phi) is 3.16. The first-order chi connectivity index (χ1) is 4.83. The third-order valence-electron chi connectivity index (χ3n) is 2.42. The molecule has 0 heterocycles. The first-order valence-corrected chi connectivity index (χ1v) is 4.26. The van der Waals surface area contributed by atoms with E-state index >= 15 is 0 Å². The normalized spacial score (nSPS) is 35.4. The second-order valence-electron chi connectivity index (χ2n) is 3.25. The molecule has 0 aromatic heterocycles. The Morgan fingerprint density at radius 1 is 1.20 bits per heavy atom. The van der Waals surface area contributed by atoms with Gasteiger partial charge in [0.25, 0.3) is 0 Å². The van der Waals surface area contributed by atoms with Crippen LogP contribution in [0.5, 0.6) is 0 Å². The van der Waals surface area contributed by atoms with Gasteiger partial charge in [0.2, 0.25) is 0 Å². The summed E-state index contributed by atoms with van der Waals surface area (Å²) in [7, 11) is 2.04. The molecule has 3 N–H and O–H groups in total. The third kappa shape index (κ3) is 2.27. The molecule has 1 saturated carbocycles. The van der Waals surface area contributed by atoms with Crippen molar-refractivity contribution in [3.8, 4) is 0 Å². The highest BCUT2D eigenvalue weighted by molar-refractivity contribution is 4.74. The molecule has 0 unspecified atom stereocenters. The molecule has 1 fully saturated rings. The molecule has 60 valence electrons. The van der Waals surface area contributed by atoms with Gasteiger partial charge in [0.1, 0.15) is 0 Å². The van der Waals surface area contributed by atoms with Crippen molar-refractivity contribution in [3.63, 3.8) is 0 Å². The summed E-state index contributed by atoms with van der Waals surface area (Å²) in [5.74, 6) is 0. The van der Waals surface area contributed by atoms with E-state index in [1.807, 2.05) is 7.05 Å². The number of nitrogens with two attached hydrogens (primary N) is 1. The maximum absolute atomic E-state index is 5.82. The fraction of sp³-hybridized carbons (Fsp3) is 1.00. The van der Waals surface area contributed by atoms with Crippen molar-refractivity contribution in [3.05, 3.63) is 0 Å². The number of nitrogens with one attached hydrogen (secondary N) is 1. The van der Waals surface area contributed by atoms with Crippen molar-refractivity contribution in [1.82, 2.24) is 5.32 Å².